The van der Waals surface area contributed by atoms with Crippen LogP contribution >= 0.6 is 23.1 Å². The zero-order valence-corrected chi connectivity index (χ0v) is 14.7. The average molecular weight is 379 g/mol. The van der Waals surface area contributed by atoms with Gasteiger partial charge in [0.15, 0.2) is 0 Å². The number of nitrogens with zero attached hydrogens (tertiary/aromatic N) is 2. The minimum Gasteiger partial charge on any atom is -0.384 e. The van der Waals surface area contributed by atoms with Crippen LogP contribution in [0.1, 0.15) is 26.2 Å². The molecule has 2 N–H and O–H groups in total. The lowest BCUT2D eigenvalue weighted by Gasteiger charge is -2.11. The van der Waals surface area contributed by atoms with Gasteiger partial charge in [0.2, 0.25) is 5.13 Å². The van der Waals surface area contributed by atoms with Crippen molar-refractivity contribution in [1.29, 1.82) is 0 Å². The van der Waals surface area contributed by atoms with Gasteiger partial charge in [-0.25, -0.2) is 17.8 Å². The fourth-order valence-corrected chi connectivity index (χ4v) is 3.90. The molecule has 0 fully saturated rings. The van der Waals surface area contributed by atoms with E-state index in [2.05, 4.69) is 26.3 Å². The molecule has 2 rings (SSSR count). The first kappa shape index (κ1) is 17.9. The highest BCUT2D eigenvalue weighted by Gasteiger charge is 2.22. The van der Waals surface area contributed by atoms with Gasteiger partial charge in [-0.15, -0.1) is 0 Å². The van der Waals surface area contributed by atoms with E-state index in [1.165, 1.54) is 6.33 Å². The number of unbranched alkanes of at least 4 members (excludes halogenated alkanes) is 2. The molecule has 0 amide bonds. The molecule has 0 saturated heterocycles. The van der Waals surface area contributed by atoms with Crippen LogP contribution in [-0.4, -0.2) is 24.3 Å². The Morgan fingerprint density at radius 3 is 2.78 bits per heavy atom. The summed E-state index contributed by atoms with van der Waals surface area (Å²) in [6, 6.07) is 2.17. The van der Waals surface area contributed by atoms with Crippen LogP contribution in [0.2, 0.25) is 5.02 Å². The summed E-state index contributed by atoms with van der Waals surface area (Å²) in [6.45, 7) is 2.72. The standard InChI is InChI=1S/C13H16ClFN4O2S2/c1-2-3-4-5-16-11-7-10(15)12(6-9(11)14)23(20,21)19-13-17-8-18-22-13/h6-8,16H,2-5H2,1H3,(H,17,18,19). The molecule has 2 aromatic rings. The number of hydrogen-bond donors (Lipinski definition) is 2. The Hall–Kier alpha value is -1.45. The Morgan fingerprint density at radius 1 is 1.35 bits per heavy atom. The van der Waals surface area contributed by atoms with Crippen molar-refractivity contribution in [1.82, 2.24) is 9.36 Å². The SMILES string of the molecule is CCCCCNc1cc(F)c(S(=O)(=O)Nc2ncns2)cc1Cl. The quantitative estimate of drug-likeness (QED) is 0.683. The van der Waals surface area contributed by atoms with Crippen LogP contribution in [0.15, 0.2) is 23.4 Å². The average Bonchev–Trinajstić information content (AvgIpc) is 2.98. The largest absolute Gasteiger partial charge is 0.384 e. The number of rotatable bonds is 8. The second kappa shape index (κ2) is 7.89. The van der Waals surface area contributed by atoms with E-state index < -0.39 is 20.7 Å². The summed E-state index contributed by atoms with van der Waals surface area (Å²) < 4.78 is 44.4. The Balaban J connectivity index is 2.18. The summed E-state index contributed by atoms with van der Waals surface area (Å²) in [5.74, 6) is -0.885. The van der Waals surface area contributed by atoms with E-state index in [4.69, 9.17) is 11.6 Å². The normalized spacial score (nSPS) is 11.4. The van der Waals surface area contributed by atoms with E-state index in [-0.39, 0.29) is 10.2 Å². The summed E-state index contributed by atoms with van der Waals surface area (Å²) in [5.41, 5.74) is 0.370. The number of hydrogen-bond acceptors (Lipinski definition) is 6. The van der Waals surface area contributed by atoms with E-state index in [1.807, 2.05) is 0 Å². The third-order valence-electron chi connectivity index (χ3n) is 2.99. The topological polar surface area (TPSA) is 84.0 Å². The lowest BCUT2D eigenvalue weighted by Crippen LogP contribution is -2.15. The van der Waals surface area contributed by atoms with Crippen molar-refractivity contribution in [2.24, 2.45) is 0 Å². The molecular weight excluding hydrogens is 363 g/mol. The maximum absolute atomic E-state index is 14.2. The first-order valence-corrected chi connectivity index (χ1v) is 9.60. The summed E-state index contributed by atoms with van der Waals surface area (Å²) in [7, 11) is -4.11. The highest BCUT2D eigenvalue weighted by Crippen LogP contribution is 2.29. The third kappa shape index (κ3) is 4.76. The van der Waals surface area contributed by atoms with Crippen molar-refractivity contribution < 1.29 is 12.8 Å². The van der Waals surface area contributed by atoms with Crippen molar-refractivity contribution in [3.8, 4) is 0 Å². The minimum atomic E-state index is -4.11. The van der Waals surface area contributed by atoms with Gasteiger partial charge in [0.1, 0.15) is 17.0 Å². The van der Waals surface area contributed by atoms with Crippen molar-refractivity contribution in [2.75, 3.05) is 16.6 Å². The molecule has 1 aromatic carbocycles. The van der Waals surface area contributed by atoms with Gasteiger partial charge in [0.05, 0.1) is 10.7 Å². The predicted octanol–water partition coefficient (Wildman–Crippen LogP) is 3.73. The van der Waals surface area contributed by atoms with E-state index in [0.29, 0.717) is 12.2 Å². The molecule has 0 radical (unpaired) electrons. The summed E-state index contributed by atoms with van der Waals surface area (Å²) in [4.78, 5) is 3.17. The number of benzene rings is 1. The zero-order valence-electron chi connectivity index (χ0n) is 12.3. The number of aromatic nitrogens is 2. The zero-order chi connectivity index (χ0) is 16.9. The number of anilines is 2. The second-order valence-electron chi connectivity index (χ2n) is 4.75. The summed E-state index contributed by atoms with van der Waals surface area (Å²) >= 11 is 6.91. The molecule has 0 atom stereocenters. The van der Waals surface area contributed by atoms with E-state index >= 15 is 0 Å². The Bertz CT molecular complexity index is 754. The highest BCUT2D eigenvalue weighted by atomic mass is 35.5. The van der Waals surface area contributed by atoms with Crippen molar-refractivity contribution >= 4 is 44.0 Å². The Morgan fingerprint density at radius 2 is 2.13 bits per heavy atom. The number of halogens is 2. The molecule has 6 nitrogen and oxygen atoms in total. The van der Waals surface area contributed by atoms with Gasteiger partial charge in [0.25, 0.3) is 10.0 Å². The van der Waals surface area contributed by atoms with Crippen LogP contribution < -0.4 is 10.0 Å². The molecule has 0 unspecified atom stereocenters. The molecule has 0 aliphatic carbocycles. The molecule has 126 valence electrons. The summed E-state index contributed by atoms with van der Waals surface area (Å²) in [6.07, 6.45) is 4.24. The Kier molecular flexibility index (Phi) is 6.14. The van der Waals surface area contributed by atoms with Crippen molar-refractivity contribution in [2.45, 2.75) is 31.1 Å². The second-order valence-corrected chi connectivity index (χ2v) is 7.59. The van der Waals surface area contributed by atoms with Crippen LogP contribution in [0, 0.1) is 5.82 Å². The van der Waals surface area contributed by atoms with Gasteiger partial charge in [-0.1, -0.05) is 31.4 Å². The molecular formula is C13H16ClFN4O2S2. The lowest BCUT2D eigenvalue weighted by molar-refractivity contribution is 0.570. The highest BCUT2D eigenvalue weighted by molar-refractivity contribution is 7.93. The molecule has 0 spiro atoms. The fraction of sp³-hybridized carbons (Fsp3) is 0.385. The molecule has 1 heterocycles. The molecule has 0 aliphatic heterocycles. The monoisotopic (exact) mass is 378 g/mol. The molecule has 0 saturated carbocycles. The van der Waals surface area contributed by atoms with Crippen LogP contribution in [0.3, 0.4) is 0 Å². The molecule has 10 heteroatoms. The maximum Gasteiger partial charge on any atom is 0.266 e. The number of nitrogens with one attached hydrogen (secondary N) is 2. The van der Waals surface area contributed by atoms with Gasteiger partial charge in [-0.2, -0.15) is 4.37 Å². The van der Waals surface area contributed by atoms with E-state index in [1.54, 1.807) is 0 Å². The molecule has 23 heavy (non-hydrogen) atoms. The van der Waals surface area contributed by atoms with Gasteiger partial charge in [0, 0.05) is 18.1 Å². The molecule has 1 aromatic heterocycles. The van der Waals surface area contributed by atoms with Crippen LogP contribution in [0.25, 0.3) is 0 Å². The smallest absolute Gasteiger partial charge is 0.266 e. The maximum atomic E-state index is 14.2. The number of sulfonamides is 1. The first-order valence-electron chi connectivity index (χ1n) is 6.96. The van der Waals surface area contributed by atoms with Crippen molar-refractivity contribution in [3.63, 3.8) is 0 Å². The lowest BCUT2D eigenvalue weighted by atomic mass is 10.2. The van der Waals surface area contributed by atoms with Gasteiger partial charge in [-0.3, -0.25) is 4.72 Å². The Labute approximate surface area is 143 Å². The van der Waals surface area contributed by atoms with Gasteiger partial charge in [-0.05, 0) is 18.6 Å². The fourth-order valence-electron chi connectivity index (χ4n) is 1.86. The van der Waals surface area contributed by atoms with Crippen LogP contribution in [0.5, 0.6) is 0 Å². The van der Waals surface area contributed by atoms with Gasteiger partial charge >= 0.3 is 0 Å². The van der Waals surface area contributed by atoms with Crippen molar-refractivity contribution in [3.05, 3.63) is 29.3 Å². The first-order chi connectivity index (χ1) is 10.9. The third-order valence-corrected chi connectivity index (χ3v) is 5.37. The van der Waals surface area contributed by atoms with Crippen LogP contribution in [0.4, 0.5) is 15.2 Å². The van der Waals surface area contributed by atoms with Gasteiger partial charge < -0.3 is 5.32 Å². The van der Waals surface area contributed by atoms with E-state index in [0.717, 1.165) is 42.9 Å². The predicted molar refractivity (Wildman–Crippen MR) is 90.1 cm³/mol. The minimum absolute atomic E-state index is 0.0577. The molecule has 0 aliphatic rings. The molecule has 0 bridgehead atoms. The summed E-state index contributed by atoms with van der Waals surface area (Å²) in [5, 5.41) is 3.20. The van der Waals surface area contributed by atoms with Crippen LogP contribution in [-0.2, 0) is 10.0 Å². The van der Waals surface area contributed by atoms with E-state index in [9.17, 15) is 12.8 Å².